The zero-order valence-electron chi connectivity index (χ0n) is 11.3. The molecule has 0 aliphatic carbocycles. The molecule has 11 heteroatoms. The number of nitro benzene ring substituents is 1. The van der Waals surface area contributed by atoms with Crippen LogP contribution in [0.1, 0.15) is 0 Å². The van der Waals surface area contributed by atoms with Crippen molar-refractivity contribution in [3.05, 3.63) is 34.4 Å². The zero-order chi connectivity index (χ0) is 16.2. The second-order valence-electron chi connectivity index (χ2n) is 4.01. The van der Waals surface area contributed by atoms with Crippen molar-refractivity contribution in [2.45, 2.75) is 4.90 Å². The van der Waals surface area contributed by atoms with E-state index in [4.69, 9.17) is 11.5 Å². The highest BCUT2D eigenvalue weighted by atomic mass is 32.2. The van der Waals surface area contributed by atoms with Gasteiger partial charge in [-0.15, -0.1) is 4.40 Å². The van der Waals surface area contributed by atoms with E-state index in [1.807, 2.05) is 0 Å². The molecule has 21 heavy (non-hydrogen) atoms. The zero-order valence-corrected chi connectivity index (χ0v) is 12.1. The third-order valence-electron chi connectivity index (χ3n) is 2.24. The lowest BCUT2D eigenvalue weighted by molar-refractivity contribution is -0.387. The maximum Gasteiger partial charge on any atom is 0.292 e. The molecule has 1 aromatic carbocycles. The number of aliphatic imine (C=N–C) groups is 1. The monoisotopic (exact) mass is 314 g/mol. The third kappa shape index (κ3) is 4.14. The average molecular weight is 314 g/mol. The summed E-state index contributed by atoms with van der Waals surface area (Å²) >= 11 is 0. The second kappa shape index (κ2) is 6.17. The van der Waals surface area contributed by atoms with Crippen LogP contribution >= 0.6 is 0 Å². The summed E-state index contributed by atoms with van der Waals surface area (Å²) in [7, 11) is -1.22. The maximum atomic E-state index is 12.0. The van der Waals surface area contributed by atoms with Crippen LogP contribution in [-0.4, -0.2) is 44.3 Å². The van der Waals surface area contributed by atoms with Gasteiger partial charge >= 0.3 is 0 Å². The first-order valence-corrected chi connectivity index (χ1v) is 6.94. The molecule has 0 saturated heterocycles. The van der Waals surface area contributed by atoms with Crippen LogP contribution in [0, 0.1) is 10.1 Å². The van der Waals surface area contributed by atoms with E-state index in [1.54, 1.807) is 14.1 Å². The van der Waals surface area contributed by atoms with E-state index < -0.39 is 31.5 Å². The highest BCUT2D eigenvalue weighted by molar-refractivity contribution is 7.90. The van der Waals surface area contributed by atoms with E-state index in [9.17, 15) is 18.5 Å². The molecule has 0 heterocycles. The number of nitrogens with two attached hydrogens (primary N) is 2. The van der Waals surface area contributed by atoms with Gasteiger partial charge in [0.1, 0.15) is 0 Å². The highest BCUT2D eigenvalue weighted by Gasteiger charge is 2.25. The van der Waals surface area contributed by atoms with E-state index in [2.05, 4.69) is 9.39 Å². The Balaban J connectivity index is 3.31. The molecule has 0 amide bonds. The van der Waals surface area contributed by atoms with E-state index >= 15 is 0 Å². The molecule has 0 bridgehead atoms. The Hall–Kier alpha value is -2.69. The Morgan fingerprint density at radius 1 is 1.29 bits per heavy atom. The molecule has 0 unspecified atom stereocenters. The smallest absolute Gasteiger partial charge is 0.292 e. The number of sulfonamides is 1. The van der Waals surface area contributed by atoms with Gasteiger partial charge in [0, 0.05) is 20.2 Å². The fourth-order valence-electron chi connectivity index (χ4n) is 1.24. The van der Waals surface area contributed by atoms with Gasteiger partial charge < -0.3 is 16.4 Å². The van der Waals surface area contributed by atoms with Crippen LogP contribution < -0.4 is 11.5 Å². The first-order chi connectivity index (χ1) is 9.65. The molecule has 1 aromatic rings. The van der Waals surface area contributed by atoms with Crippen molar-refractivity contribution < 1.29 is 13.3 Å². The van der Waals surface area contributed by atoms with Gasteiger partial charge in [0.2, 0.25) is 5.96 Å². The number of nitrogens with zero attached hydrogens (tertiary/aromatic N) is 4. The standard InChI is InChI=1S/C10H14N6O4S/c1-15(2)10(12)13-9(11)14-21(19,20)8-6-4-3-5-7(8)16(17)18/h3-6H,1-2H3,(H4,11,12,13,14). The number of rotatable bonds is 3. The fraction of sp³-hybridized carbons (Fsp3) is 0.200. The first-order valence-electron chi connectivity index (χ1n) is 5.50. The average Bonchev–Trinajstić information content (AvgIpc) is 2.37. The summed E-state index contributed by atoms with van der Waals surface area (Å²) in [5.41, 5.74) is 10.2. The molecular formula is C10H14N6O4S. The van der Waals surface area contributed by atoms with E-state index in [0.717, 1.165) is 12.1 Å². The Kier molecular flexibility index (Phi) is 4.81. The summed E-state index contributed by atoms with van der Waals surface area (Å²) in [6.45, 7) is 0. The van der Waals surface area contributed by atoms with Gasteiger partial charge in [-0.2, -0.15) is 13.4 Å². The van der Waals surface area contributed by atoms with Crippen LogP contribution in [0.3, 0.4) is 0 Å². The van der Waals surface area contributed by atoms with E-state index in [1.165, 1.54) is 17.0 Å². The van der Waals surface area contributed by atoms with Crippen LogP contribution in [0.25, 0.3) is 0 Å². The molecule has 1 rings (SSSR count). The number of hydrogen-bond acceptors (Lipinski definition) is 4. The lowest BCUT2D eigenvalue weighted by Gasteiger charge is -2.09. The molecule has 0 radical (unpaired) electrons. The number of hydrogen-bond donors (Lipinski definition) is 2. The lowest BCUT2D eigenvalue weighted by atomic mass is 10.3. The highest BCUT2D eigenvalue weighted by Crippen LogP contribution is 2.24. The Labute approximate surface area is 121 Å². The Morgan fingerprint density at radius 2 is 1.86 bits per heavy atom. The van der Waals surface area contributed by atoms with Gasteiger partial charge in [-0.05, 0) is 6.07 Å². The summed E-state index contributed by atoms with van der Waals surface area (Å²) < 4.78 is 27.3. The fourth-order valence-corrected chi connectivity index (χ4v) is 2.28. The number of guanidine groups is 2. The molecule has 114 valence electrons. The SMILES string of the molecule is CN(C)/C(N)=N/C(N)=N/S(=O)(=O)c1ccccc1[N+](=O)[O-]. The van der Waals surface area contributed by atoms with E-state index in [0.29, 0.717) is 0 Å². The number of nitro groups is 1. The van der Waals surface area contributed by atoms with E-state index in [-0.39, 0.29) is 5.96 Å². The summed E-state index contributed by atoms with van der Waals surface area (Å²) in [4.78, 5) is 14.4. The minimum atomic E-state index is -4.37. The third-order valence-corrected chi connectivity index (χ3v) is 3.57. The van der Waals surface area contributed by atoms with Crippen molar-refractivity contribution >= 4 is 27.6 Å². The van der Waals surface area contributed by atoms with Crippen LogP contribution in [0.5, 0.6) is 0 Å². The molecule has 4 N–H and O–H groups in total. The molecule has 0 aliphatic heterocycles. The van der Waals surface area contributed by atoms with Gasteiger partial charge in [-0.1, -0.05) is 12.1 Å². The van der Waals surface area contributed by atoms with Crippen molar-refractivity contribution in [3.8, 4) is 0 Å². The van der Waals surface area contributed by atoms with Gasteiger partial charge in [0.15, 0.2) is 10.9 Å². The second-order valence-corrected chi connectivity index (χ2v) is 5.59. The number of benzene rings is 1. The molecule has 0 fully saturated rings. The summed E-state index contributed by atoms with van der Waals surface area (Å²) in [6.07, 6.45) is 0. The number of para-hydroxylation sites is 1. The molecule has 0 spiro atoms. The van der Waals surface area contributed by atoms with Crippen LogP contribution in [-0.2, 0) is 10.0 Å². The first kappa shape index (κ1) is 16.4. The molecule has 0 saturated carbocycles. The normalized spacial score (nSPS) is 13.0. The van der Waals surface area contributed by atoms with Crippen molar-refractivity contribution in [3.63, 3.8) is 0 Å². The molecule has 10 nitrogen and oxygen atoms in total. The van der Waals surface area contributed by atoms with Crippen molar-refractivity contribution in [2.24, 2.45) is 20.9 Å². The Bertz CT molecular complexity index is 710. The molecule has 0 aromatic heterocycles. The Morgan fingerprint density at radius 3 is 2.38 bits per heavy atom. The van der Waals surface area contributed by atoms with Crippen LogP contribution in [0.4, 0.5) is 5.69 Å². The predicted molar refractivity (Wildman–Crippen MR) is 77.2 cm³/mol. The van der Waals surface area contributed by atoms with Crippen molar-refractivity contribution in [2.75, 3.05) is 14.1 Å². The topological polar surface area (TPSA) is 157 Å². The predicted octanol–water partition coefficient (Wildman–Crippen LogP) is -0.525. The lowest BCUT2D eigenvalue weighted by Crippen LogP contribution is -2.32. The largest absolute Gasteiger partial charge is 0.369 e. The van der Waals surface area contributed by atoms with Crippen LogP contribution in [0.2, 0.25) is 0 Å². The summed E-state index contributed by atoms with van der Waals surface area (Å²) in [6, 6.07) is 4.79. The van der Waals surface area contributed by atoms with Gasteiger partial charge in [-0.25, -0.2) is 0 Å². The van der Waals surface area contributed by atoms with Gasteiger partial charge in [-0.3, -0.25) is 10.1 Å². The van der Waals surface area contributed by atoms with Gasteiger partial charge in [0.05, 0.1) is 4.92 Å². The molecule has 0 aliphatic rings. The van der Waals surface area contributed by atoms with Crippen molar-refractivity contribution in [1.82, 2.24) is 4.90 Å². The van der Waals surface area contributed by atoms with Crippen molar-refractivity contribution in [1.29, 1.82) is 0 Å². The van der Waals surface area contributed by atoms with Gasteiger partial charge in [0.25, 0.3) is 15.7 Å². The summed E-state index contributed by atoms with van der Waals surface area (Å²) in [5.74, 6) is -0.687. The van der Waals surface area contributed by atoms with Crippen LogP contribution in [0.15, 0.2) is 38.6 Å². The molecular weight excluding hydrogens is 300 g/mol. The minimum absolute atomic E-state index is 0.0611. The maximum absolute atomic E-state index is 12.0. The quantitative estimate of drug-likeness (QED) is 0.328. The summed E-state index contributed by atoms with van der Waals surface area (Å²) in [5, 5.41) is 10.8. The minimum Gasteiger partial charge on any atom is -0.369 e. The molecule has 0 atom stereocenters.